The number of rotatable bonds is 9. The molecule has 0 unspecified atom stereocenters. The zero-order valence-corrected chi connectivity index (χ0v) is 12.0. The summed E-state index contributed by atoms with van der Waals surface area (Å²) in [6.45, 7) is 2.03. The molecule has 1 aromatic rings. The van der Waals surface area contributed by atoms with E-state index < -0.39 is 0 Å². The second kappa shape index (κ2) is 7.90. The Morgan fingerprint density at radius 2 is 1.95 bits per heavy atom. The molecule has 1 saturated carbocycles. The lowest BCUT2D eigenvalue weighted by atomic mass is 10.1. The number of hydrogen-bond acceptors (Lipinski definition) is 3. The van der Waals surface area contributed by atoms with Crippen LogP contribution in [0.15, 0.2) is 35.5 Å². The molecule has 3 N–H and O–H groups in total. The van der Waals surface area contributed by atoms with Crippen LogP contribution in [0.25, 0.3) is 0 Å². The van der Waals surface area contributed by atoms with Gasteiger partial charge in [-0.25, -0.2) is 0 Å². The molecule has 0 amide bonds. The summed E-state index contributed by atoms with van der Waals surface area (Å²) in [6, 6.07) is 11.4. The Labute approximate surface area is 121 Å². The third-order valence-corrected chi connectivity index (χ3v) is 3.85. The Balaban J connectivity index is 1.65. The first-order chi connectivity index (χ1) is 9.79. The van der Waals surface area contributed by atoms with Crippen molar-refractivity contribution >= 4 is 5.84 Å². The van der Waals surface area contributed by atoms with Gasteiger partial charge in [0.15, 0.2) is 0 Å². The molecule has 0 spiro atoms. The minimum absolute atomic E-state index is 0.333. The molecule has 20 heavy (non-hydrogen) atoms. The molecule has 4 nitrogen and oxygen atoms in total. The Morgan fingerprint density at radius 1 is 1.20 bits per heavy atom. The lowest BCUT2D eigenvalue weighted by Crippen LogP contribution is -2.31. The van der Waals surface area contributed by atoms with E-state index in [2.05, 4.69) is 40.4 Å². The number of benzene rings is 1. The summed E-state index contributed by atoms with van der Waals surface area (Å²) in [5.41, 5.74) is 6.96. The topological polar surface area (TPSA) is 61.8 Å². The lowest BCUT2D eigenvalue weighted by Gasteiger charge is -2.21. The predicted octanol–water partition coefficient (Wildman–Crippen LogP) is 2.61. The van der Waals surface area contributed by atoms with Crippen LogP contribution < -0.4 is 5.73 Å². The van der Waals surface area contributed by atoms with E-state index in [4.69, 9.17) is 10.9 Å². The molecule has 0 heterocycles. The van der Waals surface area contributed by atoms with Crippen molar-refractivity contribution in [1.82, 2.24) is 4.90 Å². The van der Waals surface area contributed by atoms with E-state index in [1.807, 2.05) is 0 Å². The average Bonchev–Trinajstić information content (AvgIpc) is 3.32. The number of hydrogen-bond donors (Lipinski definition) is 2. The van der Waals surface area contributed by atoms with Crippen LogP contribution in [-0.2, 0) is 6.42 Å². The molecule has 110 valence electrons. The number of nitrogens with two attached hydrogens (primary N) is 1. The highest BCUT2D eigenvalue weighted by Crippen LogP contribution is 2.27. The Hall–Kier alpha value is -1.55. The maximum Gasteiger partial charge on any atom is 0.140 e. The van der Waals surface area contributed by atoms with Crippen molar-refractivity contribution in [2.24, 2.45) is 10.9 Å². The monoisotopic (exact) mass is 275 g/mol. The molecule has 1 aliphatic rings. The van der Waals surface area contributed by atoms with Crippen molar-refractivity contribution in [3.63, 3.8) is 0 Å². The highest BCUT2D eigenvalue weighted by molar-refractivity contribution is 5.79. The van der Waals surface area contributed by atoms with Gasteiger partial charge in [0, 0.05) is 19.0 Å². The summed E-state index contributed by atoms with van der Waals surface area (Å²) in [5, 5.41) is 11.6. The van der Waals surface area contributed by atoms with Crippen LogP contribution in [0.5, 0.6) is 0 Å². The lowest BCUT2D eigenvalue weighted by molar-refractivity contribution is 0.262. The normalized spacial score (nSPS) is 15.8. The molecule has 1 fully saturated rings. The summed E-state index contributed by atoms with van der Waals surface area (Å²) in [6.07, 6.45) is 6.84. The van der Waals surface area contributed by atoms with E-state index >= 15 is 0 Å². The molecule has 0 saturated heterocycles. The summed E-state index contributed by atoms with van der Waals surface area (Å²) in [7, 11) is 0. The third kappa shape index (κ3) is 5.21. The number of unbranched alkanes of at least 4 members (excludes halogenated alkanes) is 1. The molecule has 1 aliphatic carbocycles. The minimum Gasteiger partial charge on any atom is -0.409 e. The van der Waals surface area contributed by atoms with Gasteiger partial charge in [-0.05, 0) is 44.2 Å². The number of nitrogens with zero attached hydrogens (tertiary/aromatic N) is 2. The van der Waals surface area contributed by atoms with Gasteiger partial charge in [-0.1, -0.05) is 35.5 Å². The van der Waals surface area contributed by atoms with E-state index in [9.17, 15) is 0 Å². The summed E-state index contributed by atoms with van der Waals surface area (Å²) in [4.78, 5) is 2.49. The maximum absolute atomic E-state index is 8.59. The molecule has 0 atom stereocenters. The maximum atomic E-state index is 8.59. The quantitative estimate of drug-likeness (QED) is 0.239. The highest BCUT2D eigenvalue weighted by Gasteiger charge is 2.28. The molecule has 0 aliphatic heterocycles. The van der Waals surface area contributed by atoms with Crippen molar-refractivity contribution in [2.75, 3.05) is 13.1 Å². The Kier molecular flexibility index (Phi) is 5.87. The van der Waals surface area contributed by atoms with Gasteiger partial charge in [0.1, 0.15) is 5.84 Å². The van der Waals surface area contributed by atoms with Gasteiger partial charge >= 0.3 is 0 Å². The molecule has 1 aromatic carbocycles. The molecular weight excluding hydrogens is 250 g/mol. The highest BCUT2D eigenvalue weighted by atomic mass is 16.4. The molecule has 4 heteroatoms. The number of aryl methyl sites for hydroxylation is 1. The fourth-order valence-corrected chi connectivity index (χ4v) is 2.51. The van der Waals surface area contributed by atoms with Gasteiger partial charge in [-0.2, -0.15) is 0 Å². The van der Waals surface area contributed by atoms with Crippen LogP contribution in [0.4, 0.5) is 0 Å². The van der Waals surface area contributed by atoms with Crippen LogP contribution in [0.1, 0.15) is 37.7 Å². The van der Waals surface area contributed by atoms with E-state index in [1.54, 1.807) is 0 Å². The van der Waals surface area contributed by atoms with Crippen LogP contribution in [0.3, 0.4) is 0 Å². The summed E-state index contributed by atoms with van der Waals surface area (Å²) in [5.74, 6) is 0.333. The SMILES string of the molecule is N/C(CCN(CCCCc1ccccc1)C1CC1)=N/O. The van der Waals surface area contributed by atoms with Crippen LogP contribution >= 0.6 is 0 Å². The van der Waals surface area contributed by atoms with Gasteiger partial charge in [0.05, 0.1) is 0 Å². The molecule has 0 bridgehead atoms. The zero-order valence-electron chi connectivity index (χ0n) is 12.0. The van der Waals surface area contributed by atoms with Gasteiger partial charge in [-0.15, -0.1) is 0 Å². The molecule has 2 rings (SSSR count). The largest absolute Gasteiger partial charge is 0.409 e. The van der Waals surface area contributed by atoms with Gasteiger partial charge in [0.2, 0.25) is 0 Å². The Bertz CT molecular complexity index is 415. The zero-order chi connectivity index (χ0) is 14.2. The number of oxime groups is 1. The van der Waals surface area contributed by atoms with Crippen LogP contribution in [0.2, 0.25) is 0 Å². The predicted molar refractivity (Wildman–Crippen MR) is 82.0 cm³/mol. The average molecular weight is 275 g/mol. The van der Waals surface area contributed by atoms with Gasteiger partial charge in [0.25, 0.3) is 0 Å². The molecule has 0 radical (unpaired) electrons. The van der Waals surface area contributed by atoms with E-state index in [0.29, 0.717) is 12.3 Å². The van der Waals surface area contributed by atoms with Gasteiger partial charge < -0.3 is 10.9 Å². The van der Waals surface area contributed by atoms with Crippen molar-refractivity contribution < 1.29 is 5.21 Å². The first kappa shape index (κ1) is 14.9. The summed E-state index contributed by atoms with van der Waals surface area (Å²) >= 11 is 0. The first-order valence-corrected chi connectivity index (χ1v) is 7.54. The van der Waals surface area contributed by atoms with Crippen LogP contribution in [0, 0.1) is 0 Å². The fourth-order valence-electron chi connectivity index (χ4n) is 2.51. The van der Waals surface area contributed by atoms with Crippen molar-refractivity contribution in [1.29, 1.82) is 0 Å². The van der Waals surface area contributed by atoms with Crippen molar-refractivity contribution in [2.45, 2.75) is 44.6 Å². The van der Waals surface area contributed by atoms with Gasteiger partial charge in [-0.3, -0.25) is 4.90 Å². The third-order valence-electron chi connectivity index (χ3n) is 3.85. The minimum atomic E-state index is 0.333. The van der Waals surface area contributed by atoms with E-state index in [0.717, 1.165) is 25.6 Å². The number of amidine groups is 1. The summed E-state index contributed by atoms with van der Waals surface area (Å²) < 4.78 is 0. The second-order valence-corrected chi connectivity index (χ2v) is 5.55. The van der Waals surface area contributed by atoms with Crippen LogP contribution in [-0.4, -0.2) is 35.1 Å². The molecule has 0 aromatic heterocycles. The van der Waals surface area contributed by atoms with E-state index in [1.165, 1.54) is 31.2 Å². The van der Waals surface area contributed by atoms with E-state index in [-0.39, 0.29) is 0 Å². The standard InChI is InChI=1S/C16H25N3O/c17-16(18-20)11-13-19(15-9-10-15)12-5-4-8-14-6-2-1-3-7-14/h1-3,6-7,15,20H,4-5,8-13H2,(H2,17,18). The first-order valence-electron chi connectivity index (χ1n) is 7.54. The fraction of sp³-hybridized carbons (Fsp3) is 0.562. The second-order valence-electron chi connectivity index (χ2n) is 5.55. The van der Waals surface area contributed by atoms with Crippen molar-refractivity contribution in [3.8, 4) is 0 Å². The molecular formula is C16H25N3O. The van der Waals surface area contributed by atoms with Crippen molar-refractivity contribution in [3.05, 3.63) is 35.9 Å². The smallest absolute Gasteiger partial charge is 0.140 e. The Morgan fingerprint density at radius 3 is 2.60 bits per heavy atom.